The zero-order chi connectivity index (χ0) is 23.2. The van der Waals surface area contributed by atoms with Gasteiger partial charge in [-0.1, -0.05) is 11.6 Å². The topological polar surface area (TPSA) is 76.6 Å². The second-order valence-electron chi connectivity index (χ2n) is 8.08. The number of ether oxygens (including phenoxy) is 2. The Morgan fingerprint density at radius 2 is 2.06 bits per heavy atom. The monoisotopic (exact) mass is 468 g/mol. The first-order valence-corrected chi connectivity index (χ1v) is 11.7. The van der Waals surface area contributed by atoms with E-state index in [1.807, 2.05) is 31.2 Å². The van der Waals surface area contributed by atoms with Crippen LogP contribution in [0.5, 0.6) is 5.75 Å². The van der Waals surface area contributed by atoms with E-state index in [2.05, 4.69) is 27.1 Å². The van der Waals surface area contributed by atoms with Gasteiger partial charge in [-0.15, -0.1) is 0 Å². The number of amides is 1. The predicted octanol–water partition coefficient (Wildman–Crippen LogP) is 4.19. The molecule has 0 radical (unpaired) electrons. The van der Waals surface area contributed by atoms with Gasteiger partial charge < -0.3 is 14.8 Å². The molecule has 1 amide bonds. The Balaban J connectivity index is 1.52. The zero-order valence-electron chi connectivity index (χ0n) is 19.0. The van der Waals surface area contributed by atoms with Crippen LogP contribution in [0.3, 0.4) is 0 Å². The largest absolute Gasteiger partial charge is 0.494 e. The average Bonchev–Trinajstić information content (AvgIpc) is 2.82. The van der Waals surface area contributed by atoms with Gasteiger partial charge in [-0.3, -0.25) is 9.69 Å². The molecule has 4 rings (SSSR count). The minimum absolute atomic E-state index is 0.216. The lowest BCUT2D eigenvalue weighted by atomic mass is 10.1. The summed E-state index contributed by atoms with van der Waals surface area (Å²) in [6, 6.07) is 13.2. The summed E-state index contributed by atoms with van der Waals surface area (Å²) in [5.41, 5.74) is 1.78. The summed E-state index contributed by atoms with van der Waals surface area (Å²) in [6.07, 6.45) is 0.858. The van der Waals surface area contributed by atoms with E-state index >= 15 is 0 Å². The molecule has 1 aliphatic heterocycles. The minimum Gasteiger partial charge on any atom is -0.494 e. The van der Waals surface area contributed by atoms with Gasteiger partial charge in [-0.2, -0.15) is 0 Å². The lowest BCUT2D eigenvalue weighted by Crippen LogP contribution is -2.44. The van der Waals surface area contributed by atoms with Gasteiger partial charge in [0.1, 0.15) is 11.4 Å². The molecular weight excluding hydrogens is 440 g/mol. The number of aromatic nitrogens is 2. The van der Waals surface area contributed by atoms with E-state index in [1.54, 1.807) is 18.2 Å². The van der Waals surface area contributed by atoms with Crippen LogP contribution in [-0.2, 0) is 4.74 Å². The van der Waals surface area contributed by atoms with E-state index in [-0.39, 0.29) is 5.91 Å². The van der Waals surface area contributed by atoms with Crippen molar-refractivity contribution in [1.82, 2.24) is 20.2 Å². The molecule has 2 aromatic carbocycles. The number of carbonyl (C=O) groups is 1. The van der Waals surface area contributed by atoms with Gasteiger partial charge in [0.15, 0.2) is 5.82 Å². The molecule has 1 N–H and O–H groups in total. The first kappa shape index (κ1) is 23.4. The highest BCUT2D eigenvalue weighted by atomic mass is 35.5. The van der Waals surface area contributed by atoms with Crippen molar-refractivity contribution in [2.45, 2.75) is 26.3 Å². The molecule has 0 aliphatic carbocycles. The summed E-state index contributed by atoms with van der Waals surface area (Å²) in [5, 5.41) is 4.26. The summed E-state index contributed by atoms with van der Waals surface area (Å²) < 4.78 is 11.0. The van der Waals surface area contributed by atoms with Crippen molar-refractivity contribution in [3.63, 3.8) is 0 Å². The number of fused-ring (bicyclic) bond motifs is 1. The van der Waals surface area contributed by atoms with E-state index in [1.165, 1.54) is 0 Å². The highest BCUT2D eigenvalue weighted by Crippen LogP contribution is 2.25. The average molecular weight is 469 g/mol. The van der Waals surface area contributed by atoms with Crippen LogP contribution < -0.4 is 10.1 Å². The fourth-order valence-corrected chi connectivity index (χ4v) is 4.10. The molecule has 33 heavy (non-hydrogen) atoms. The molecule has 1 saturated heterocycles. The molecule has 1 aromatic heterocycles. The van der Waals surface area contributed by atoms with Crippen LogP contribution in [-0.4, -0.2) is 66.3 Å². The fourth-order valence-electron chi connectivity index (χ4n) is 3.93. The van der Waals surface area contributed by atoms with Crippen molar-refractivity contribution < 1.29 is 14.3 Å². The molecule has 2 heterocycles. The number of benzene rings is 2. The number of rotatable bonds is 8. The number of hydrogen-bond donors (Lipinski definition) is 1. The molecule has 0 unspecified atom stereocenters. The third-order valence-electron chi connectivity index (χ3n) is 5.71. The van der Waals surface area contributed by atoms with E-state index in [0.717, 1.165) is 44.0 Å². The van der Waals surface area contributed by atoms with Gasteiger partial charge in [-0.25, -0.2) is 9.97 Å². The second kappa shape index (κ2) is 10.9. The lowest BCUT2D eigenvalue weighted by Gasteiger charge is -2.33. The Kier molecular flexibility index (Phi) is 7.75. The van der Waals surface area contributed by atoms with Crippen molar-refractivity contribution in [3.05, 3.63) is 53.2 Å². The van der Waals surface area contributed by atoms with E-state index in [4.69, 9.17) is 21.1 Å². The highest BCUT2D eigenvalue weighted by Gasteiger charge is 2.19. The van der Waals surface area contributed by atoms with Crippen molar-refractivity contribution in [2.24, 2.45) is 0 Å². The van der Waals surface area contributed by atoms with Gasteiger partial charge in [0.25, 0.3) is 5.91 Å². The maximum absolute atomic E-state index is 13.1. The summed E-state index contributed by atoms with van der Waals surface area (Å²) in [5.74, 6) is 1.03. The third-order valence-corrected chi connectivity index (χ3v) is 5.95. The summed E-state index contributed by atoms with van der Waals surface area (Å²) in [7, 11) is 0. The van der Waals surface area contributed by atoms with Crippen LogP contribution in [0.1, 0.15) is 30.8 Å². The molecule has 1 aliphatic rings. The van der Waals surface area contributed by atoms with Gasteiger partial charge in [0.2, 0.25) is 0 Å². The highest BCUT2D eigenvalue weighted by molar-refractivity contribution is 6.31. The van der Waals surface area contributed by atoms with Crippen LogP contribution in [0.15, 0.2) is 42.5 Å². The smallest absolute Gasteiger partial charge is 0.270 e. The SMILES string of the molecule is CCOc1ccc(-c2nc(C(=O)NCCCN3CCOC[C@H]3C)c3ccc(Cl)cc3n2)cc1. The van der Waals surface area contributed by atoms with Crippen LogP contribution in [0.25, 0.3) is 22.3 Å². The maximum Gasteiger partial charge on any atom is 0.270 e. The van der Waals surface area contributed by atoms with Crippen LogP contribution in [0.4, 0.5) is 0 Å². The van der Waals surface area contributed by atoms with Crippen LogP contribution in [0, 0.1) is 0 Å². The van der Waals surface area contributed by atoms with E-state index in [9.17, 15) is 4.79 Å². The van der Waals surface area contributed by atoms with E-state index in [0.29, 0.717) is 46.6 Å². The molecule has 1 atom stereocenters. The molecule has 8 heteroatoms. The Hall–Kier alpha value is -2.74. The van der Waals surface area contributed by atoms with Gasteiger partial charge in [0, 0.05) is 41.6 Å². The van der Waals surface area contributed by atoms with E-state index < -0.39 is 0 Å². The number of nitrogens with one attached hydrogen (secondary N) is 1. The van der Waals surface area contributed by atoms with Crippen LogP contribution >= 0.6 is 11.6 Å². The Labute approximate surface area is 199 Å². The quantitative estimate of drug-likeness (QED) is 0.499. The Morgan fingerprint density at radius 3 is 2.82 bits per heavy atom. The molecule has 7 nitrogen and oxygen atoms in total. The molecule has 3 aromatic rings. The number of nitrogens with zero attached hydrogens (tertiary/aromatic N) is 3. The van der Waals surface area contributed by atoms with Crippen molar-refractivity contribution in [3.8, 4) is 17.1 Å². The molecule has 174 valence electrons. The number of morpholine rings is 1. The third kappa shape index (κ3) is 5.79. The summed E-state index contributed by atoms with van der Waals surface area (Å²) >= 11 is 6.20. The summed E-state index contributed by atoms with van der Waals surface area (Å²) in [6.45, 7) is 8.64. The van der Waals surface area contributed by atoms with Crippen molar-refractivity contribution in [1.29, 1.82) is 0 Å². The zero-order valence-corrected chi connectivity index (χ0v) is 19.8. The Bertz CT molecular complexity index is 1110. The van der Waals surface area contributed by atoms with Crippen molar-refractivity contribution in [2.75, 3.05) is 39.5 Å². The number of hydrogen-bond acceptors (Lipinski definition) is 6. The standard InChI is InChI=1S/C25H29ClN4O3/c1-3-33-20-8-5-18(6-9-20)24-28-22-15-19(26)7-10-21(22)23(29-24)25(31)27-11-4-12-30-13-14-32-16-17(30)2/h5-10,15,17H,3-4,11-14,16H2,1-2H3,(H,27,31)/t17-/m1/s1. The molecule has 1 fully saturated rings. The molecule has 0 spiro atoms. The lowest BCUT2D eigenvalue weighted by molar-refractivity contribution is -0.000570. The van der Waals surface area contributed by atoms with Gasteiger partial charge in [-0.05, 0) is 62.7 Å². The summed E-state index contributed by atoms with van der Waals surface area (Å²) in [4.78, 5) is 24.8. The van der Waals surface area contributed by atoms with Crippen molar-refractivity contribution >= 4 is 28.4 Å². The normalized spacial score (nSPS) is 16.6. The van der Waals surface area contributed by atoms with Crippen LogP contribution in [0.2, 0.25) is 5.02 Å². The molecule has 0 saturated carbocycles. The number of carbonyl (C=O) groups excluding carboxylic acids is 1. The first-order valence-electron chi connectivity index (χ1n) is 11.4. The van der Waals surface area contributed by atoms with Gasteiger partial charge >= 0.3 is 0 Å². The first-order chi connectivity index (χ1) is 16.0. The van der Waals surface area contributed by atoms with Gasteiger partial charge in [0.05, 0.1) is 25.3 Å². The minimum atomic E-state index is -0.216. The maximum atomic E-state index is 13.1. The Morgan fingerprint density at radius 1 is 1.24 bits per heavy atom. The molecule has 0 bridgehead atoms. The number of halogens is 1. The predicted molar refractivity (Wildman–Crippen MR) is 130 cm³/mol. The second-order valence-corrected chi connectivity index (χ2v) is 8.52. The fraction of sp³-hybridized carbons (Fsp3) is 0.400. The molecular formula is C25H29ClN4O3.